The van der Waals surface area contributed by atoms with E-state index in [0.717, 1.165) is 12.1 Å². The number of amides is 2. The number of nitrogens with one attached hydrogen (secondary N) is 1. The van der Waals surface area contributed by atoms with E-state index in [4.69, 9.17) is 0 Å². The molecule has 144 valence electrons. The standard InChI is InChI=1S/C20H25FN4O2/c1-14(2)8-10-25(20(27)18-13-22-15(3)12-23-18)11-9-19(26)24-17-6-4-16(21)5-7-17/h4-7,12-14H,8-11H2,1-3H3,(H,24,26). The van der Waals surface area contributed by atoms with Gasteiger partial charge in [-0.25, -0.2) is 9.37 Å². The number of aromatic nitrogens is 2. The van der Waals surface area contributed by atoms with Crippen molar-refractivity contribution in [1.82, 2.24) is 14.9 Å². The summed E-state index contributed by atoms with van der Waals surface area (Å²) < 4.78 is 12.9. The lowest BCUT2D eigenvalue weighted by molar-refractivity contribution is -0.116. The molecule has 0 atom stereocenters. The van der Waals surface area contributed by atoms with Crippen LogP contribution in [-0.4, -0.2) is 39.8 Å². The Labute approximate surface area is 158 Å². The van der Waals surface area contributed by atoms with Crippen LogP contribution >= 0.6 is 0 Å². The zero-order valence-electron chi connectivity index (χ0n) is 15.9. The minimum atomic E-state index is -0.363. The highest BCUT2D eigenvalue weighted by atomic mass is 19.1. The molecule has 6 nitrogen and oxygen atoms in total. The molecule has 0 bridgehead atoms. The van der Waals surface area contributed by atoms with E-state index in [0.29, 0.717) is 18.2 Å². The summed E-state index contributed by atoms with van der Waals surface area (Å²) in [6.07, 6.45) is 3.97. The Balaban J connectivity index is 1.98. The Morgan fingerprint density at radius 3 is 2.41 bits per heavy atom. The smallest absolute Gasteiger partial charge is 0.274 e. The molecule has 27 heavy (non-hydrogen) atoms. The van der Waals surface area contributed by atoms with Gasteiger partial charge >= 0.3 is 0 Å². The van der Waals surface area contributed by atoms with Crippen molar-refractivity contribution in [3.8, 4) is 0 Å². The van der Waals surface area contributed by atoms with E-state index in [1.54, 1.807) is 18.0 Å². The second kappa shape index (κ2) is 9.75. The minimum absolute atomic E-state index is 0.139. The number of carbonyl (C=O) groups excluding carboxylic acids is 2. The summed E-state index contributed by atoms with van der Waals surface area (Å²) in [5.74, 6) is -0.410. The van der Waals surface area contributed by atoms with E-state index >= 15 is 0 Å². The average molecular weight is 372 g/mol. The molecule has 0 aliphatic rings. The molecule has 1 heterocycles. The lowest BCUT2D eigenvalue weighted by Gasteiger charge is -2.23. The van der Waals surface area contributed by atoms with Gasteiger partial charge in [0.1, 0.15) is 11.5 Å². The summed E-state index contributed by atoms with van der Waals surface area (Å²) in [4.78, 5) is 34.8. The largest absolute Gasteiger partial charge is 0.337 e. The van der Waals surface area contributed by atoms with Crippen molar-refractivity contribution >= 4 is 17.5 Å². The van der Waals surface area contributed by atoms with E-state index < -0.39 is 0 Å². The van der Waals surface area contributed by atoms with Gasteiger partial charge in [-0.1, -0.05) is 13.8 Å². The molecule has 2 rings (SSSR count). The first-order chi connectivity index (χ1) is 12.8. The molecule has 0 aliphatic carbocycles. The van der Waals surface area contributed by atoms with Crippen LogP contribution in [0.25, 0.3) is 0 Å². The number of rotatable bonds is 8. The quantitative estimate of drug-likeness (QED) is 0.770. The van der Waals surface area contributed by atoms with Crippen LogP contribution in [0.15, 0.2) is 36.7 Å². The average Bonchev–Trinajstić information content (AvgIpc) is 2.63. The van der Waals surface area contributed by atoms with Crippen molar-refractivity contribution in [2.24, 2.45) is 5.92 Å². The van der Waals surface area contributed by atoms with Gasteiger partial charge in [0.2, 0.25) is 5.91 Å². The Morgan fingerprint density at radius 2 is 1.81 bits per heavy atom. The summed E-state index contributed by atoms with van der Waals surface area (Å²) in [6, 6.07) is 5.56. The maximum Gasteiger partial charge on any atom is 0.274 e. The molecular weight excluding hydrogens is 347 g/mol. The molecule has 1 N–H and O–H groups in total. The second-order valence-corrected chi connectivity index (χ2v) is 6.82. The zero-order chi connectivity index (χ0) is 19.8. The third kappa shape index (κ3) is 6.77. The molecular formula is C20H25FN4O2. The fourth-order valence-electron chi connectivity index (χ4n) is 2.39. The number of carbonyl (C=O) groups is 2. The van der Waals surface area contributed by atoms with Gasteiger partial charge in [-0.3, -0.25) is 14.6 Å². The number of nitrogens with zero attached hydrogens (tertiary/aromatic N) is 3. The van der Waals surface area contributed by atoms with E-state index in [-0.39, 0.29) is 36.3 Å². The zero-order valence-corrected chi connectivity index (χ0v) is 15.9. The van der Waals surface area contributed by atoms with E-state index in [1.165, 1.54) is 30.5 Å². The lowest BCUT2D eigenvalue weighted by atomic mass is 10.1. The van der Waals surface area contributed by atoms with Gasteiger partial charge in [-0.05, 0) is 43.5 Å². The second-order valence-electron chi connectivity index (χ2n) is 6.82. The molecule has 0 saturated carbocycles. The molecule has 0 unspecified atom stereocenters. The van der Waals surface area contributed by atoms with E-state index in [9.17, 15) is 14.0 Å². The Morgan fingerprint density at radius 1 is 1.11 bits per heavy atom. The van der Waals surface area contributed by atoms with Gasteiger partial charge in [0.25, 0.3) is 5.91 Å². The molecule has 1 aromatic carbocycles. The van der Waals surface area contributed by atoms with Gasteiger partial charge in [0, 0.05) is 31.4 Å². The third-order valence-electron chi connectivity index (χ3n) is 4.00. The molecule has 2 amide bonds. The van der Waals surface area contributed by atoms with Crippen LogP contribution in [0.4, 0.5) is 10.1 Å². The Hall–Kier alpha value is -2.83. The summed E-state index contributed by atoms with van der Waals surface area (Å²) >= 11 is 0. The predicted octanol–water partition coefficient (Wildman–Crippen LogP) is 3.44. The van der Waals surface area contributed by atoms with Crippen molar-refractivity contribution in [1.29, 1.82) is 0 Å². The summed E-state index contributed by atoms with van der Waals surface area (Å²) in [7, 11) is 0. The number of anilines is 1. The van der Waals surface area contributed by atoms with Crippen LogP contribution in [0.5, 0.6) is 0 Å². The van der Waals surface area contributed by atoms with Crippen molar-refractivity contribution in [2.45, 2.75) is 33.6 Å². The number of hydrogen-bond acceptors (Lipinski definition) is 4. The van der Waals surface area contributed by atoms with E-state index in [1.807, 2.05) is 0 Å². The highest BCUT2D eigenvalue weighted by Gasteiger charge is 2.19. The maximum atomic E-state index is 12.9. The first kappa shape index (κ1) is 20.5. The maximum absolute atomic E-state index is 12.9. The number of hydrogen-bond donors (Lipinski definition) is 1. The van der Waals surface area contributed by atoms with Crippen molar-refractivity contribution in [3.05, 3.63) is 53.9 Å². The highest BCUT2D eigenvalue weighted by Crippen LogP contribution is 2.10. The lowest BCUT2D eigenvalue weighted by Crippen LogP contribution is -2.35. The Kier molecular flexibility index (Phi) is 7.40. The van der Waals surface area contributed by atoms with Crippen LogP contribution in [0.2, 0.25) is 0 Å². The highest BCUT2D eigenvalue weighted by molar-refractivity contribution is 5.93. The molecule has 1 aromatic heterocycles. The third-order valence-corrected chi connectivity index (χ3v) is 4.00. The van der Waals surface area contributed by atoms with Gasteiger partial charge in [0.15, 0.2) is 0 Å². The monoisotopic (exact) mass is 372 g/mol. The first-order valence-electron chi connectivity index (χ1n) is 8.98. The SMILES string of the molecule is Cc1cnc(C(=O)N(CCC(=O)Nc2ccc(F)cc2)CCC(C)C)cn1. The molecule has 0 aliphatic heterocycles. The van der Waals surface area contributed by atoms with Crippen molar-refractivity contribution in [3.63, 3.8) is 0 Å². The van der Waals surface area contributed by atoms with E-state index in [2.05, 4.69) is 29.1 Å². The minimum Gasteiger partial charge on any atom is -0.337 e. The number of benzene rings is 1. The molecule has 0 fully saturated rings. The van der Waals surface area contributed by atoms with Gasteiger partial charge in [-0.15, -0.1) is 0 Å². The number of halogens is 1. The van der Waals surface area contributed by atoms with Crippen LogP contribution in [0.3, 0.4) is 0 Å². The molecule has 0 saturated heterocycles. The molecule has 7 heteroatoms. The summed E-state index contributed by atoms with van der Waals surface area (Å²) in [5, 5.41) is 2.70. The normalized spacial score (nSPS) is 10.7. The topological polar surface area (TPSA) is 75.2 Å². The van der Waals surface area contributed by atoms with Gasteiger partial charge < -0.3 is 10.2 Å². The van der Waals surface area contributed by atoms with Gasteiger partial charge in [-0.2, -0.15) is 0 Å². The number of aryl methyl sites for hydroxylation is 1. The fourth-order valence-corrected chi connectivity index (χ4v) is 2.39. The van der Waals surface area contributed by atoms with Crippen molar-refractivity contribution in [2.75, 3.05) is 18.4 Å². The van der Waals surface area contributed by atoms with Crippen molar-refractivity contribution < 1.29 is 14.0 Å². The summed E-state index contributed by atoms with van der Waals surface area (Å²) in [6.45, 7) is 6.77. The Bertz CT molecular complexity index is 761. The van der Waals surface area contributed by atoms with Crippen LogP contribution in [0.1, 0.15) is 42.9 Å². The van der Waals surface area contributed by atoms with Crippen LogP contribution in [-0.2, 0) is 4.79 Å². The first-order valence-corrected chi connectivity index (χ1v) is 8.98. The van der Waals surface area contributed by atoms with Crippen LogP contribution < -0.4 is 5.32 Å². The predicted molar refractivity (Wildman–Crippen MR) is 102 cm³/mol. The molecule has 0 spiro atoms. The van der Waals surface area contributed by atoms with Crippen LogP contribution in [0, 0.1) is 18.7 Å². The summed E-state index contributed by atoms with van der Waals surface area (Å²) in [5.41, 5.74) is 1.52. The fraction of sp³-hybridized carbons (Fsp3) is 0.400. The van der Waals surface area contributed by atoms with Gasteiger partial charge in [0.05, 0.1) is 11.9 Å². The molecule has 0 radical (unpaired) electrons. The molecule has 2 aromatic rings.